The van der Waals surface area contributed by atoms with Crippen LogP contribution in [0.4, 0.5) is 0 Å². The summed E-state index contributed by atoms with van der Waals surface area (Å²) in [6.45, 7) is 0.357. The summed E-state index contributed by atoms with van der Waals surface area (Å²) in [5.74, 6) is 0.536. The predicted molar refractivity (Wildman–Crippen MR) is 75.1 cm³/mol. The third-order valence-corrected chi connectivity index (χ3v) is 3.52. The van der Waals surface area contributed by atoms with Crippen molar-refractivity contribution in [3.8, 4) is 0 Å². The van der Waals surface area contributed by atoms with E-state index in [-0.39, 0.29) is 5.91 Å². The molecule has 0 spiro atoms. The minimum atomic E-state index is -0.165. The van der Waals surface area contributed by atoms with Gasteiger partial charge in [0.25, 0.3) is 5.91 Å². The highest BCUT2D eigenvalue weighted by atomic mass is 79.9. The zero-order valence-corrected chi connectivity index (χ0v) is 12.2. The van der Waals surface area contributed by atoms with E-state index in [4.69, 9.17) is 0 Å². The highest BCUT2D eigenvalue weighted by Gasteiger charge is 2.18. The molecule has 0 saturated heterocycles. The van der Waals surface area contributed by atoms with Gasteiger partial charge in [0.15, 0.2) is 11.5 Å². The largest absolute Gasteiger partial charge is 0.333 e. The van der Waals surface area contributed by atoms with E-state index >= 15 is 0 Å². The van der Waals surface area contributed by atoms with Gasteiger partial charge >= 0.3 is 0 Å². The molecule has 3 aromatic rings. The Bertz CT molecular complexity index is 764. The van der Waals surface area contributed by atoms with Crippen LogP contribution in [0.25, 0.3) is 5.65 Å². The molecule has 1 N–H and O–H groups in total. The quantitative estimate of drug-likeness (QED) is 0.786. The third-order valence-electron chi connectivity index (χ3n) is 2.92. The smallest absolute Gasteiger partial charge is 0.273 e. The normalized spacial score (nSPS) is 10.9. The predicted octanol–water partition coefficient (Wildman–Crippen LogP) is 1.49. The number of pyridine rings is 1. The second-order valence-corrected chi connectivity index (χ2v) is 5.15. The van der Waals surface area contributed by atoms with Crippen LogP contribution in [0.15, 0.2) is 35.1 Å². The Hall–Kier alpha value is -2.22. The summed E-state index contributed by atoms with van der Waals surface area (Å²) in [4.78, 5) is 13.8. The lowest BCUT2D eigenvalue weighted by Crippen LogP contribution is -2.27. The number of nitrogens with zero attached hydrogens (tertiary/aromatic N) is 5. The van der Waals surface area contributed by atoms with E-state index < -0.39 is 0 Å². The standard InChI is InChI=1S/C12H11BrN6O/c1-18(12(20)11-8(13)6-14-17-11)7-10-16-15-9-4-2-3-5-19(9)10/h2-6H,7H2,1H3,(H,14,17). The Balaban J connectivity index is 1.84. The number of aromatic nitrogens is 5. The molecule has 3 rings (SSSR count). The lowest BCUT2D eigenvalue weighted by atomic mass is 10.3. The van der Waals surface area contributed by atoms with Gasteiger partial charge in [-0.2, -0.15) is 5.10 Å². The minimum Gasteiger partial charge on any atom is -0.333 e. The average Bonchev–Trinajstić information content (AvgIpc) is 3.05. The van der Waals surface area contributed by atoms with Crippen molar-refractivity contribution in [2.45, 2.75) is 6.54 Å². The van der Waals surface area contributed by atoms with E-state index in [0.717, 1.165) is 5.65 Å². The number of amides is 1. The molecule has 8 heteroatoms. The first kappa shape index (κ1) is 12.8. The second-order valence-electron chi connectivity index (χ2n) is 4.30. The Kier molecular flexibility index (Phi) is 3.23. The zero-order chi connectivity index (χ0) is 14.1. The van der Waals surface area contributed by atoms with E-state index in [0.29, 0.717) is 22.5 Å². The van der Waals surface area contributed by atoms with Gasteiger partial charge in [-0.1, -0.05) is 6.07 Å². The van der Waals surface area contributed by atoms with E-state index in [1.54, 1.807) is 18.1 Å². The number of nitrogens with one attached hydrogen (secondary N) is 1. The average molecular weight is 335 g/mol. The molecular formula is C12H11BrN6O. The van der Waals surface area contributed by atoms with Gasteiger partial charge in [0.1, 0.15) is 5.69 Å². The maximum atomic E-state index is 12.3. The van der Waals surface area contributed by atoms with Crippen LogP contribution in [0, 0.1) is 0 Å². The van der Waals surface area contributed by atoms with Gasteiger partial charge in [-0.05, 0) is 28.1 Å². The maximum Gasteiger partial charge on any atom is 0.273 e. The van der Waals surface area contributed by atoms with Crippen molar-refractivity contribution in [2.24, 2.45) is 0 Å². The van der Waals surface area contributed by atoms with E-state index in [2.05, 4.69) is 36.3 Å². The molecule has 102 valence electrons. The van der Waals surface area contributed by atoms with Gasteiger partial charge in [0, 0.05) is 13.2 Å². The molecule has 0 fully saturated rings. The van der Waals surface area contributed by atoms with Crippen LogP contribution >= 0.6 is 15.9 Å². The molecule has 0 unspecified atom stereocenters. The van der Waals surface area contributed by atoms with Crippen LogP contribution in [0.5, 0.6) is 0 Å². The molecule has 3 aromatic heterocycles. The van der Waals surface area contributed by atoms with Crippen LogP contribution < -0.4 is 0 Å². The van der Waals surface area contributed by atoms with Crippen molar-refractivity contribution in [1.29, 1.82) is 0 Å². The summed E-state index contributed by atoms with van der Waals surface area (Å²) >= 11 is 3.28. The minimum absolute atomic E-state index is 0.165. The van der Waals surface area contributed by atoms with Crippen LogP contribution in [0.2, 0.25) is 0 Å². The third kappa shape index (κ3) is 2.18. The molecule has 0 bridgehead atoms. The van der Waals surface area contributed by atoms with Crippen LogP contribution in [0.1, 0.15) is 16.3 Å². The summed E-state index contributed by atoms with van der Waals surface area (Å²) < 4.78 is 2.49. The van der Waals surface area contributed by atoms with Crippen LogP contribution in [-0.4, -0.2) is 42.7 Å². The Morgan fingerprint density at radius 1 is 1.45 bits per heavy atom. The molecule has 1 amide bonds. The first-order valence-electron chi connectivity index (χ1n) is 5.90. The number of hydrogen-bond acceptors (Lipinski definition) is 4. The number of rotatable bonds is 3. The second kappa shape index (κ2) is 5.04. The van der Waals surface area contributed by atoms with Gasteiger partial charge in [-0.15, -0.1) is 10.2 Å². The van der Waals surface area contributed by atoms with Crippen molar-refractivity contribution in [2.75, 3.05) is 7.05 Å². The van der Waals surface area contributed by atoms with E-state index in [9.17, 15) is 4.79 Å². The van der Waals surface area contributed by atoms with Crippen LogP contribution in [0.3, 0.4) is 0 Å². The molecule has 20 heavy (non-hydrogen) atoms. The summed E-state index contributed by atoms with van der Waals surface area (Å²) in [5, 5.41) is 14.7. The monoisotopic (exact) mass is 334 g/mol. The molecule has 0 atom stereocenters. The Morgan fingerprint density at radius 3 is 3.05 bits per heavy atom. The van der Waals surface area contributed by atoms with Gasteiger partial charge in [-0.25, -0.2) is 0 Å². The number of H-pyrrole nitrogens is 1. The number of hydrogen-bond donors (Lipinski definition) is 1. The van der Waals surface area contributed by atoms with Gasteiger partial charge in [0.2, 0.25) is 0 Å². The first-order valence-corrected chi connectivity index (χ1v) is 6.69. The Morgan fingerprint density at radius 2 is 2.30 bits per heavy atom. The van der Waals surface area contributed by atoms with Crippen molar-refractivity contribution in [1.82, 2.24) is 29.7 Å². The first-order chi connectivity index (χ1) is 9.66. The van der Waals surface area contributed by atoms with Crippen molar-refractivity contribution in [3.63, 3.8) is 0 Å². The molecule has 0 aromatic carbocycles. The lowest BCUT2D eigenvalue weighted by Gasteiger charge is -2.15. The molecule has 0 aliphatic heterocycles. The fourth-order valence-electron chi connectivity index (χ4n) is 1.89. The molecule has 3 heterocycles. The van der Waals surface area contributed by atoms with E-state index in [1.165, 1.54) is 0 Å². The lowest BCUT2D eigenvalue weighted by molar-refractivity contribution is 0.0774. The van der Waals surface area contributed by atoms with Crippen molar-refractivity contribution in [3.05, 3.63) is 46.6 Å². The highest BCUT2D eigenvalue weighted by molar-refractivity contribution is 9.10. The summed E-state index contributed by atoms with van der Waals surface area (Å²) in [5.41, 5.74) is 1.17. The molecule has 0 aliphatic carbocycles. The molecular weight excluding hydrogens is 324 g/mol. The zero-order valence-electron chi connectivity index (χ0n) is 10.6. The fourth-order valence-corrected chi connectivity index (χ4v) is 2.26. The number of carbonyl (C=O) groups excluding carboxylic acids is 1. The van der Waals surface area contributed by atoms with E-state index in [1.807, 2.05) is 28.8 Å². The van der Waals surface area contributed by atoms with Gasteiger partial charge < -0.3 is 4.90 Å². The molecule has 0 aliphatic rings. The fraction of sp³-hybridized carbons (Fsp3) is 0.167. The van der Waals surface area contributed by atoms with Crippen molar-refractivity contribution >= 4 is 27.5 Å². The number of fused-ring (bicyclic) bond motifs is 1. The molecule has 0 saturated carbocycles. The Labute approximate surface area is 122 Å². The SMILES string of the molecule is CN(Cc1nnc2ccccn12)C(=O)c1[nH]ncc1Br. The summed E-state index contributed by atoms with van der Waals surface area (Å²) in [6.07, 6.45) is 3.42. The number of aromatic amines is 1. The van der Waals surface area contributed by atoms with Gasteiger partial charge in [0.05, 0.1) is 17.2 Å². The maximum absolute atomic E-state index is 12.3. The van der Waals surface area contributed by atoms with Gasteiger partial charge in [-0.3, -0.25) is 14.3 Å². The summed E-state index contributed by atoms with van der Waals surface area (Å²) in [7, 11) is 1.71. The molecule has 7 nitrogen and oxygen atoms in total. The molecule has 0 radical (unpaired) electrons. The summed E-state index contributed by atoms with van der Waals surface area (Å²) in [6, 6.07) is 5.65. The topological polar surface area (TPSA) is 79.2 Å². The number of carbonyl (C=O) groups is 1. The highest BCUT2D eigenvalue weighted by Crippen LogP contribution is 2.15. The number of halogens is 1. The van der Waals surface area contributed by atoms with Crippen molar-refractivity contribution < 1.29 is 4.79 Å². The van der Waals surface area contributed by atoms with Crippen LogP contribution in [-0.2, 0) is 6.54 Å².